The molecule has 1 aliphatic rings. The van der Waals surface area contributed by atoms with Gasteiger partial charge in [0.05, 0.1) is 0 Å². The lowest BCUT2D eigenvalue weighted by molar-refractivity contribution is 0.418. The van der Waals surface area contributed by atoms with E-state index in [4.69, 9.17) is 10.3 Å². The molecule has 1 unspecified atom stereocenters. The minimum absolute atomic E-state index is 0.308. The molecular weight excluding hydrogens is 224 g/mol. The number of rotatable bonds is 2. The van der Waals surface area contributed by atoms with E-state index < -0.39 is 0 Å². The molecule has 1 atom stereocenters. The van der Waals surface area contributed by atoms with Gasteiger partial charge in [0.15, 0.2) is 11.0 Å². The van der Waals surface area contributed by atoms with Crippen LogP contribution in [0.1, 0.15) is 32.0 Å². The zero-order valence-electron chi connectivity index (χ0n) is 9.10. The Kier molecular flexibility index (Phi) is 1.85. The van der Waals surface area contributed by atoms with Crippen molar-refractivity contribution >= 4 is 16.5 Å². The molecule has 6 heteroatoms. The Morgan fingerprint density at radius 1 is 1.50 bits per heavy atom. The smallest absolute Gasteiger partial charge is 0.277 e. The summed E-state index contributed by atoms with van der Waals surface area (Å²) in [4.78, 5) is 8.47. The predicted octanol–water partition coefficient (Wildman–Crippen LogP) is 2.29. The van der Waals surface area contributed by atoms with Crippen molar-refractivity contribution in [1.82, 2.24) is 15.1 Å². The maximum absolute atomic E-state index is 5.56. The third kappa shape index (κ3) is 1.49. The average Bonchev–Trinajstić information content (AvgIpc) is 2.67. The molecule has 16 heavy (non-hydrogen) atoms. The van der Waals surface area contributed by atoms with Gasteiger partial charge in [0.2, 0.25) is 0 Å². The topological polar surface area (TPSA) is 77.8 Å². The van der Waals surface area contributed by atoms with E-state index in [0.29, 0.717) is 28.0 Å². The van der Waals surface area contributed by atoms with Crippen LogP contribution in [0.5, 0.6) is 0 Å². The van der Waals surface area contributed by atoms with Crippen molar-refractivity contribution in [2.75, 3.05) is 5.73 Å². The van der Waals surface area contributed by atoms with Gasteiger partial charge in [-0.3, -0.25) is 0 Å². The predicted molar refractivity (Wildman–Crippen MR) is 61.0 cm³/mol. The molecule has 0 bridgehead atoms. The molecule has 2 aromatic heterocycles. The van der Waals surface area contributed by atoms with Crippen LogP contribution >= 0.6 is 11.3 Å². The van der Waals surface area contributed by atoms with E-state index in [9.17, 15) is 0 Å². The third-order valence-corrected chi connectivity index (χ3v) is 3.68. The van der Waals surface area contributed by atoms with E-state index in [-0.39, 0.29) is 0 Å². The van der Waals surface area contributed by atoms with Crippen LogP contribution in [0.2, 0.25) is 0 Å². The van der Waals surface area contributed by atoms with E-state index in [1.54, 1.807) is 0 Å². The minimum Gasteiger partial charge on any atom is -0.375 e. The SMILES string of the molecule is CC1(C)CC1c1noc(-c2csc(N)n2)n1. The lowest BCUT2D eigenvalue weighted by atomic mass is 10.1. The fourth-order valence-electron chi connectivity index (χ4n) is 1.77. The summed E-state index contributed by atoms with van der Waals surface area (Å²) in [6, 6.07) is 0. The Hall–Kier alpha value is -1.43. The van der Waals surface area contributed by atoms with Crippen molar-refractivity contribution in [2.45, 2.75) is 26.2 Å². The highest BCUT2D eigenvalue weighted by Crippen LogP contribution is 2.57. The molecule has 1 fully saturated rings. The molecule has 5 nitrogen and oxygen atoms in total. The molecule has 0 saturated heterocycles. The fraction of sp³-hybridized carbons (Fsp3) is 0.500. The first-order valence-corrected chi connectivity index (χ1v) is 5.99. The molecule has 3 rings (SSSR count). The summed E-state index contributed by atoms with van der Waals surface area (Å²) in [5.74, 6) is 1.67. The lowest BCUT2D eigenvalue weighted by Gasteiger charge is -1.95. The molecule has 0 aliphatic heterocycles. The summed E-state index contributed by atoms with van der Waals surface area (Å²) >= 11 is 1.37. The number of aromatic nitrogens is 3. The Labute approximate surface area is 96.7 Å². The summed E-state index contributed by atoms with van der Waals surface area (Å²) in [5.41, 5.74) is 6.53. The number of hydrogen-bond donors (Lipinski definition) is 1. The van der Waals surface area contributed by atoms with E-state index >= 15 is 0 Å². The number of nitrogen functional groups attached to an aromatic ring is 1. The highest BCUT2D eigenvalue weighted by atomic mass is 32.1. The van der Waals surface area contributed by atoms with Crippen LogP contribution in [-0.4, -0.2) is 15.1 Å². The number of nitrogens with zero attached hydrogens (tertiary/aromatic N) is 3. The van der Waals surface area contributed by atoms with Crippen LogP contribution in [-0.2, 0) is 0 Å². The Balaban J connectivity index is 1.89. The molecular formula is C10H12N4OS. The second kappa shape index (κ2) is 3.04. The van der Waals surface area contributed by atoms with Gasteiger partial charge in [-0.2, -0.15) is 4.98 Å². The van der Waals surface area contributed by atoms with Gasteiger partial charge in [-0.1, -0.05) is 19.0 Å². The summed E-state index contributed by atoms with van der Waals surface area (Å²) in [6.07, 6.45) is 1.12. The van der Waals surface area contributed by atoms with Gasteiger partial charge in [-0.05, 0) is 11.8 Å². The van der Waals surface area contributed by atoms with Crippen LogP contribution in [0.25, 0.3) is 11.6 Å². The largest absolute Gasteiger partial charge is 0.375 e. The van der Waals surface area contributed by atoms with Gasteiger partial charge in [0.25, 0.3) is 5.89 Å². The van der Waals surface area contributed by atoms with Gasteiger partial charge >= 0.3 is 0 Å². The van der Waals surface area contributed by atoms with Crippen LogP contribution in [0.3, 0.4) is 0 Å². The highest BCUT2D eigenvalue weighted by Gasteiger charge is 2.49. The highest BCUT2D eigenvalue weighted by molar-refractivity contribution is 7.13. The van der Waals surface area contributed by atoms with Crippen LogP contribution < -0.4 is 5.73 Å². The monoisotopic (exact) mass is 236 g/mol. The molecule has 0 spiro atoms. The van der Waals surface area contributed by atoms with Crippen molar-refractivity contribution in [3.05, 3.63) is 11.2 Å². The van der Waals surface area contributed by atoms with E-state index in [0.717, 1.165) is 12.2 Å². The van der Waals surface area contributed by atoms with Crippen molar-refractivity contribution in [1.29, 1.82) is 0 Å². The van der Waals surface area contributed by atoms with Crippen molar-refractivity contribution in [2.24, 2.45) is 5.41 Å². The molecule has 0 aromatic carbocycles. The second-order valence-corrected chi connectivity index (χ2v) is 5.66. The maximum Gasteiger partial charge on any atom is 0.277 e. The molecule has 2 heterocycles. The van der Waals surface area contributed by atoms with Gasteiger partial charge in [0, 0.05) is 11.3 Å². The van der Waals surface area contributed by atoms with E-state index in [1.165, 1.54) is 11.3 Å². The Bertz CT molecular complexity index is 530. The molecule has 84 valence electrons. The first kappa shape index (κ1) is 9.77. The quantitative estimate of drug-likeness (QED) is 0.865. The zero-order chi connectivity index (χ0) is 11.3. The summed E-state index contributed by atoms with van der Waals surface area (Å²) in [5, 5.41) is 6.34. The first-order valence-electron chi connectivity index (χ1n) is 5.11. The van der Waals surface area contributed by atoms with Gasteiger partial charge < -0.3 is 10.3 Å². The summed E-state index contributed by atoms with van der Waals surface area (Å²) in [7, 11) is 0. The lowest BCUT2D eigenvalue weighted by Crippen LogP contribution is -1.91. The zero-order valence-corrected chi connectivity index (χ0v) is 9.91. The first-order chi connectivity index (χ1) is 7.56. The molecule has 1 saturated carbocycles. The summed E-state index contributed by atoms with van der Waals surface area (Å²) < 4.78 is 5.19. The standard InChI is InChI=1S/C10H12N4OS/c1-10(2)3-5(10)7-13-8(15-14-7)6-4-16-9(11)12-6/h4-5H,3H2,1-2H3,(H2,11,12). The van der Waals surface area contributed by atoms with E-state index in [2.05, 4.69) is 29.0 Å². The molecule has 1 aliphatic carbocycles. The third-order valence-electron chi connectivity index (χ3n) is 3.01. The molecule has 2 N–H and O–H groups in total. The minimum atomic E-state index is 0.308. The molecule has 0 radical (unpaired) electrons. The van der Waals surface area contributed by atoms with Crippen LogP contribution in [0.4, 0.5) is 5.13 Å². The average molecular weight is 236 g/mol. The van der Waals surface area contributed by atoms with Crippen molar-refractivity contribution in [3.8, 4) is 11.6 Å². The Morgan fingerprint density at radius 2 is 2.25 bits per heavy atom. The van der Waals surface area contributed by atoms with Gasteiger partial charge in [-0.15, -0.1) is 11.3 Å². The van der Waals surface area contributed by atoms with Gasteiger partial charge in [0.1, 0.15) is 5.69 Å². The number of anilines is 1. The fourth-order valence-corrected chi connectivity index (χ4v) is 2.31. The van der Waals surface area contributed by atoms with Crippen LogP contribution in [0, 0.1) is 5.41 Å². The summed E-state index contributed by atoms with van der Waals surface area (Å²) in [6.45, 7) is 4.41. The molecule has 0 amide bonds. The number of thiazole rings is 1. The normalized spacial score (nSPS) is 22.2. The van der Waals surface area contributed by atoms with Crippen LogP contribution in [0.15, 0.2) is 9.90 Å². The van der Waals surface area contributed by atoms with Crippen molar-refractivity contribution < 1.29 is 4.52 Å². The second-order valence-electron chi connectivity index (χ2n) is 4.77. The molecule has 2 aromatic rings. The van der Waals surface area contributed by atoms with E-state index in [1.807, 2.05) is 5.38 Å². The number of hydrogen-bond acceptors (Lipinski definition) is 6. The maximum atomic E-state index is 5.56. The number of nitrogens with two attached hydrogens (primary N) is 1. The van der Waals surface area contributed by atoms with Gasteiger partial charge in [-0.25, -0.2) is 4.98 Å². The Morgan fingerprint density at radius 3 is 2.81 bits per heavy atom. The van der Waals surface area contributed by atoms with Crippen molar-refractivity contribution in [3.63, 3.8) is 0 Å².